The third-order valence-corrected chi connectivity index (χ3v) is 4.16. The molecule has 0 radical (unpaired) electrons. The van der Waals surface area contributed by atoms with Crippen LogP contribution in [0.2, 0.25) is 0 Å². The van der Waals surface area contributed by atoms with Crippen LogP contribution in [0.3, 0.4) is 0 Å². The maximum absolute atomic E-state index is 13.1. The van der Waals surface area contributed by atoms with E-state index >= 15 is 0 Å². The zero-order valence-corrected chi connectivity index (χ0v) is 12.6. The van der Waals surface area contributed by atoms with Crippen LogP contribution < -0.4 is 5.32 Å². The molecular formula is C15H13BrF3NO. The number of anilines is 1. The van der Waals surface area contributed by atoms with E-state index in [0.29, 0.717) is 4.47 Å². The third-order valence-electron chi connectivity index (χ3n) is 3.67. The number of alkyl halides is 3. The lowest BCUT2D eigenvalue weighted by Crippen LogP contribution is -2.18. The van der Waals surface area contributed by atoms with Gasteiger partial charge in [-0.25, -0.2) is 0 Å². The van der Waals surface area contributed by atoms with E-state index in [1.54, 1.807) is 12.3 Å². The largest absolute Gasteiger partial charge is 0.469 e. The molecule has 1 atom stereocenters. The van der Waals surface area contributed by atoms with Crippen LogP contribution in [0.5, 0.6) is 0 Å². The second-order valence-electron chi connectivity index (χ2n) is 5.08. The first-order valence-electron chi connectivity index (χ1n) is 6.64. The first kappa shape index (κ1) is 14.5. The van der Waals surface area contributed by atoms with Crippen LogP contribution in [-0.2, 0) is 12.6 Å². The molecule has 1 N–H and O–H groups in total. The Kier molecular flexibility index (Phi) is 3.73. The van der Waals surface area contributed by atoms with E-state index in [0.717, 1.165) is 36.7 Å². The van der Waals surface area contributed by atoms with Crippen molar-refractivity contribution in [2.24, 2.45) is 0 Å². The number of furan rings is 1. The molecule has 112 valence electrons. The van der Waals surface area contributed by atoms with Crippen LogP contribution in [0.25, 0.3) is 0 Å². The molecule has 0 fully saturated rings. The topological polar surface area (TPSA) is 25.2 Å². The molecule has 1 unspecified atom stereocenters. The zero-order valence-electron chi connectivity index (χ0n) is 11.0. The van der Waals surface area contributed by atoms with Gasteiger partial charge in [-0.05, 0) is 37.1 Å². The maximum atomic E-state index is 13.1. The van der Waals surface area contributed by atoms with Gasteiger partial charge >= 0.3 is 6.18 Å². The standard InChI is InChI=1S/C15H13BrF3NO/c16-9-4-5-13(11(8-9)15(17,18)19)20-12-2-1-3-14-10(12)6-7-21-14/h4-8,12,20H,1-3H2. The molecule has 0 amide bonds. The lowest BCUT2D eigenvalue weighted by atomic mass is 9.93. The summed E-state index contributed by atoms with van der Waals surface area (Å²) in [6.07, 6.45) is -0.264. The molecule has 2 nitrogen and oxygen atoms in total. The summed E-state index contributed by atoms with van der Waals surface area (Å²) in [6, 6.07) is 5.85. The molecule has 0 spiro atoms. The molecule has 1 aromatic heterocycles. The normalized spacial score (nSPS) is 18.4. The number of nitrogens with one attached hydrogen (secondary N) is 1. The van der Waals surface area contributed by atoms with Crippen molar-refractivity contribution < 1.29 is 17.6 Å². The van der Waals surface area contributed by atoms with Gasteiger partial charge in [0.15, 0.2) is 0 Å². The van der Waals surface area contributed by atoms with Crippen LogP contribution in [0, 0.1) is 0 Å². The fourth-order valence-corrected chi connectivity index (χ4v) is 3.06. The van der Waals surface area contributed by atoms with Crippen molar-refractivity contribution in [1.29, 1.82) is 0 Å². The van der Waals surface area contributed by atoms with Crippen molar-refractivity contribution in [3.05, 3.63) is 51.9 Å². The molecular weight excluding hydrogens is 347 g/mol. The van der Waals surface area contributed by atoms with E-state index in [2.05, 4.69) is 21.2 Å². The number of hydrogen-bond donors (Lipinski definition) is 1. The third kappa shape index (κ3) is 2.95. The summed E-state index contributed by atoms with van der Waals surface area (Å²) in [5, 5.41) is 3.02. The maximum Gasteiger partial charge on any atom is 0.418 e. The van der Waals surface area contributed by atoms with Gasteiger partial charge < -0.3 is 9.73 Å². The van der Waals surface area contributed by atoms with Gasteiger partial charge in [0.2, 0.25) is 0 Å². The summed E-state index contributed by atoms with van der Waals surface area (Å²) in [7, 11) is 0. The number of halogens is 4. The average molecular weight is 360 g/mol. The molecule has 0 saturated carbocycles. The van der Waals surface area contributed by atoms with Crippen LogP contribution in [0.1, 0.15) is 35.8 Å². The molecule has 0 aliphatic heterocycles. The Bertz CT molecular complexity index is 651. The van der Waals surface area contributed by atoms with Gasteiger partial charge in [0.25, 0.3) is 0 Å². The Balaban J connectivity index is 1.93. The van der Waals surface area contributed by atoms with E-state index in [1.807, 2.05) is 6.07 Å². The van der Waals surface area contributed by atoms with Crippen LogP contribution in [0.4, 0.5) is 18.9 Å². The average Bonchev–Trinajstić information content (AvgIpc) is 2.89. The zero-order chi connectivity index (χ0) is 15.0. The van der Waals surface area contributed by atoms with Crippen LogP contribution in [-0.4, -0.2) is 0 Å². The van der Waals surface area contributed by atoms with Crippen molar-refractivity contribution in [2.75, 3.05) is 5.32 Å². The van der Waals surface area contributed by atoms with Gasteiger partial charge in [0.1, 0.15) is 5.76 Å². The molecule has 6 heteroatoms. The molecule has 1 heterocycles. The SMILES string of the molecule is FC(F)(F)c1cc(Br)ccc1NC1CCCc2occc21. The van der Waals surface area contributed by atoms with Crippen molar-refractivity contribution in [2.45, 2.75) is 31.5 Å². The number of rotatable bonds is 2. The first-order chi connectivity index (χ1) is 9.95. The summed E-state index contributed by atoms with van der Waals surface area (Å²) in [4.78, 5) is 0. The monoisotopic (exact) mass is 359 g/mol. The lowest BCUT2D eigenvalue weighted by molar-refractivity contribution is -0.137. The first-order valence-corrected chi connectivity index (χ1v) is 7.44. The minimum absolute atomic E-state index is 0.102. The summed E-state index contributed by atoms with van der Waals surface area (Å²) < 4.78 is 45.2. The smallest absolute Gasteiger partial charge is 0.418 e. The summed E-state index contributed by atoms with van der Waals surface area (Å²) in [6.45, 7) is 0. The second-order valence-corrected chi connectivity index (χ2v) is 5.99. The Morgan fingerprint density at radius 2 is 2.05 bits per heavy atom. The Labute approximate surface area is 128 Å². The molecule has 1 aliphatic carbocycles. The summed E-state index contributed by atoms with van der Waals surface area (Å²) >= 11 is 3.09. The Morgan fingerprint density at radius 3 is 2.81 bits per heavy atom. The highest BCUT2D eigenvalue weighted by atomic mass is 79.9. The van der Waals surface area contributed by atoms with E-state index < -0.39 is 11.7 Å². The van der Waals surface area contributed by atoms with E-state index in [9.17, 15) is 13.2 Å². The second kappa shape index (κ2) is 5.40. The molecule has 3 rings (SSSR count). The van der Waals surface area contributed by atoms with Gasteiger partial charge in [0, 0.05) is 22.1 Å². The Hall–Kier alpha value is -1.43. The highest BCUT2D eigenvalue weighted by Crippen LogP contribution is 2.40. The van der Waals surface area contributed by atoms with Crippen LogP contribution in [0.15, 0.2) is 39.4 Å². The molecule has 1 aromatic carbocycles. The minimum Gasteiger partial charge on any atom is -0.469 e. The van der Waals surface area contributed by atoms with Gasteiger partial charge in [-0.3, -0.25) is 0 Å². The fourth-order valence-electron chi connectivity index (χ4n) is 2.70. The Morgan fingerprint density at radius 1 is 1.24 bits per heavy atom. The highest BCUT2D eigenvalue weighted by Gasteiger charge is 2.34. The molecule has 0 saturated heterocycles. The number of fused-ring (bicyclic) bond motifs is 1. The van der Waals surface area contributed by atoms with Gasteiger partial charge in [-0.2, -0.15) is 13.2 Å². The van der Waals surface area contributed by atoms with Crippen molar-refractivity contribution in [3.63, 3.8) is 0 Å². The van der Waals surface area contributed by atoms with E-state index in [-0.39, 0.29) is 11.7 Å². The quantitative estimate of drug-likeness (QED) is 0.760. The highest BCUT2D eigenvalue weighted by molar-refractivity contribution is 9.10. The molecule has 1 aliphatic rings. The minimum atomic E-state index is -4.39. The molecule has 21 heavy (non-hydrogen) atoms. The van der Waals surface area contributed by atoms with E-state index in [4.69, 9.17) is 4.42 Å². The van der Waals surface area contributed by atoms with Gasteiger partial charge in [-0.15, -0.1) is 0 Å². The van der Waals surface area contributed by atoms with E-state index in [1.165, 1.54) is 6.07 Å². The van der Waals surface area contributed by atoms with Crippen LogP contribution >= 0.6 is 15.9 Å². The summed E-state index contributed by atoms with van der Waals surface area (Å²) in [5.41, 5.74) is 0.398. The van der Waals surface area contributed by atoms with Crippen molar-refractivity contribution in [3.8, 4) is 0 Å². The molecule has 0 bridgehead atoms. The van der Waals surface area contributed by atoms with Crippen molar-refractivity contribution >= 4 is 21.6 Å². The van der Waals surface area contributed by atoms with Gasteiger partial charge in [-0.1, -0.05) is 15.9 Å². The fraction of sp³-hybridized carbons (Fsp3) is 0.333. The van der Waals surface area contributed by atoms with Gasteiger partial charge in [0.05, 0.1) is 17.9 Å². The number of aryl methyl sites for hydroxylation is 1. The van der Waals surface area contributed by atoms with Crippen molar-refractivity contribution in [1.82, 2.24) is 0 Å². The predicted molar refractivity (Wildman–Crippen MR) is 77.2 cm³/mol. The molecule has 2 aromatic rings. The predicted octanol–water partition coefficient (Wildman–Crippen LogP) is 5.55. The number of hydrogen-bond acceptors (Lipinski definition) is 2. The number of benzene rings is 1. The summed E-state index contributed by atoms with van der Waals surface area (Å²) in [5.74, 6) is 0.865. The lowest BCUT2D eigenvalue weighted by Gasteiger charge is -2.25.